The van der Waals surface area contributed by atoms with Crippen molar-refractivity contribution in [3.63, 3.8) is 0 Å². The van der Waals surface area contributed by atoms with Gasteiger partial charge in [0.25, 0.3) is 0 Å². The maximum absolute atomic E-state index is 4.35. The summed E-state index contributed by atoms with van der Waals surface area (Å²) in [4.78, 5) is 7.56. The minimum absolute atomic E-state index is 0.313. The van der Waals surface area contributed by atoms with Crippen molar-refractivity contribution in [2.45, 2.75) is 65.5 Å². The van der Waals surface area contributed by atoms with Crippen molar-refractivity contribution in [2.75, 3.05) is 0 Å². The van der Waals surface area contributed by atoms with Gasteiger partial charge in [-0.1, -0.05) is 33.6 Å². The molecule has 0 saturated heterocycles. The normalized spacial score (nSPS) is 27.1. The lowest BCUT2D eigenvalue weighted by Gasteiger charge is -2.42. The number of hydrogen-bond acceptors (Lipinski definition) is 2. The molecule has 0 aromatic carbocycles. The Balaban J connectivity index is 2.01. The Kier molecular flexibility index (Phi) is 4.10. The highest BCUT2D eigenvalue weighted by Crippen LogP contribution is 2.38. The summed E-state index contributed by atoms with van der Waals surface area (Å²) in [7, 11) is 0. The van der Waals surface area contributed by atoms with Crippen molar-refractivity contribution in [2.24, 2.45) is 11.3 Å². The van der Waals surface area contributed by atoms with E-state index in [0.717, 1.165) is 11.7 Å². The number of H-pyrrole nitrogens is 1. The van der Waals surface area contributed by atoms with E-state index in [4.69, 9.17) is 0 Å². The van der Waals surface area contributed by atoms with Crippen molar-refractivity contribution in [1.82, 2.24) is 15.3 Å². The molecule has 1 saturated carbocycles. The third kappa shape index (κ3) is 3.14. The van der Waals surface area contributed by atoms with Gasteiger partial charge in [0, 0.05) is 18.4 Å². The maximum atomic E-state index is 4.35. The van der Waals surface area contributed by atoms with Gasteiger partial charge in [-0.05, 0) is 31.1 Å². The molecular weight excluding hydrogens is 222 g/mol. The van der Waals surface area contributed by atoms with Crippen molar-refractivity contribution in [1.29, 1.82) is 0 Å². The molecular formula is C15H27N3. The highest BCUT2D eigenvalue weighted by atomic mass is 15.0. The third-order valence-electron chi connectivity index (χ3n) is 4.27. The zero-order valence-electron chi connectivity index (χ0n) is 12.2. The molecule has 3 nitrogen and oxygen atoms in total. The van der Waals surface area contributed by atoms with Crippen LogP contribution in [-0.4, -0.2) is 16.0 Å². The lowest BCUT2D eigenvalue weighted by atomic mass is 9.69. The minimum Gasteiger partial charge on any atom is -0.347 e. The summed E-state index contributed by atoms with van der Waals surface area (Å²) >= 11 is 0. The summed E-state index contributed by atoms with van der Waals surface area (Å²) in [6.45, 7) is 9.31. The Labute approximate surface area is 111 Å². The van der Waals surface area contributed by atoms with E-state index in [9.17, 15) is 0 Å². The molecule has 2 N–H and O–H groups in total. The summed E-state index contributed by atoms with van der Waals surface area (Å²) in [5.74, 6) is 1.82. The second-order valence-corrected chi connectivity index (χ2v) is 6.73. The van der Waals surface area contributed by atoms with E-state index in [1.54, 1.807) is 0 Å². The molecule has 1 aliphatic rings. The molecule has 2 rings (SSSR count). The fraction of sp³-hybridized carbons (Fsp3) is 0.800. The van der Waals surface area contributed by atoms with Crippen LogP contribution in [0.1, 0.15) is 65.2 Å². The second-order valence-electron chi connectivity index (χ2n) is 6.73. The Morgan fingerprint density at radius 2 is 2.06 bits per heavy atom. The molecule has 1 heterocycles. The Morgan fingerprint density at radius 1 is 1.33 bits per heavy atom. The van der Waals surface area contributed by atoms with Crippen LogP contribution in [0.25, 0.3) is 0 Å². The predicted molar refractivity (Wildman–Crippen MR) is 75.3 cm³/mol. The van der Waals surface area contributed by atoms with Gasteiger partial charge in [-0.25, -0.2) is 4.98 Å². The molecule has 1 aromatic rings. The topological polar surface area (TPSA) is 40.7 Å². The van der Waals surface area contributed by atoms with Gasteiger partial charge in [0.1, 0.15) is 5.82 Å². The molecule has 1 aromatic heterocycles. The van der Waals surface area contributed by atoms with Crippen LogP contribution in [0.5, 0.6) is 0 Å². The predicted octanol–water partition coefficient (Wildman–Crippen LogP) is 3.67. The fourth-order valence-electron chi connectivity index (χ4n) is 3.28. The van der Waals surface area contributed by atoms with Gasteiger partial charge in [0.15, 0.2) is 0 Å². The van der Waals surface area contributed by atoms with Crippen LogP contribution >= 0.6 is 0 Å². The molecule has 102 valence electrons. The number of imidazole rings is 1. The van der Waals surface area contributed by atoms with Gasteiger partial charge in [-0.15, -0.1) is 0 Å². The summed E-state index contributed by atoms with van der Waals surface area (Å²) in [6, 6.07) is 0.937. The Hall–Kier alpha value is -0.830. The Morgan fingerprint density at radius 3 is 2.67 bits per heavy atom. The number of nitrogens with zero attached hydrogens (tertiary/aromatic N) is 1. The highest BCUT2D eigenvalue weighted by molar-refractivity contribution is 4.97. The molecule has 0 spiro atoms. The first-order valence-corrected chi connectivity index (χ1v) is 7.24. The van der Waals surface area contributed by atoms with E-state index in [2.05, 4.69) is 43.0 Å². The largest absolute Gasteiger partial charge is 0.347 e. The van der Waals surface area contributed by atoms with E-state index in [1.807, 2.05) is 12.4 Å². The van der Waals surface area contributed by atoms with Gasteiger partial charge in [-0.3, -0.25) is 0 Å². The van der Waals surface area contributed by atoms with E-state index in [1.165, 1.54) is 25.7 Å². The maximum Gasteiger partial charge on any atom is 0.122 e. The summed E-state index contributed by atoms with van der Waals surface area (Å²) in [5.41, 5.74) is 0.390. The number of nitrogens with one attached hydrogen (secondary N) is 2. The van der Waals surface area contributed by atoms with E-state index < -0.39 is 0 Å². The zero-order chi connectivity index (χ0) is 13.2. The minimum atomic E-state index is 0.313. The summed E-state index contributed by atoms with van der Waals surface area (Å²) < 4.78 is 0. The number of aromatic amines is 1. The highest BCUT2D eigenvalue weighted by Gasteiger charge is 2.34. The zero-order valence-corrected chi connectivity index (χ0v) is 12.2. The second kappa shape index (κ2) is 5.43. The molecule has 0 amide bonds. The summed E-state index contributed by atoms with van der Waals surface area (Å²) in [6.07, 6.45) is 9.12. The van der Waals surface area contributed by atoms with Crippen LogP contribution in [0.15, 0.2) is 12.4 Å². The number of aromatic nitrogens is 2. The van der Waals surface area contributed by atoms with Crippen molar-refractivity contribution >= 4 is 0 Å². The van der Waals surface area contributed by atoms with Crippen LogP contribution in [0.3, 0.4) is 0 Å². The SMILES string of the molecule is CC(NC1CCCCC1C(C)(C)C)c1ncc[nH]1. The van der Waals surface area contributed by atoms with Crippen molar-refractivity contribution < 1.29 is 0 Å². The number of hydrogen-bond donors (Lipinski definition) is 2. The van der Waals surface area contributed by atoms with Crippen LogP contribution in [0.4, 0.5) is 0 Å². The average molecular weight is 249 g/mol. The standard InChI is InChI=1S/C15H27N3/c1-11(14-16-9-10-17-14)18-13-8-6-5-7-12(13)15(2,3)4/h9-13,18H,5-8H2,1-4H3,(H,16,17). The summed E-state index contributed by atoms with van der Waals surface area (Å²) in [5, 5.41) is 3.78. The Bertz CT molecular complexity index is 350. The smallest absolute Gasteiger partial charge is 0.122 e. The lowest BCUT2D eigenvalue weighted by Crippen LogP contribution is -2.45. The van der Waals surface area contributed by atoms with Crippen LogP contribution in [0.2, 0.25) is 0 Å². The molecule has 1 fully saturated rings. The van der Waals surface area contributed by atoms with Crippen LogP contribution in [0, 0.1) is 11.3 Å². The van der Waals surface area contributed by atoms with E-state index in [0.29, 0.717) is 17.5 Å². The first-order valence-electron chi connectivity index (χ1n) is 7.24. The molecule has 1 aliphatic carbocycles. The van der Waals surface area contributed by atoms with Gasteiger partial charge < -0.3 is 10.3 Å². The number of rotatable bonds is 3. The molecule has 18 heavy (non-hydrogen) atoms. The lowest BCUT2D eigenvalue weighted by molar-refractivity contribution is 0.123. The van der Waals surface area contributed by atoms with Crippen molar-refractivity contribution in [3.05, 3.63) is 18.2 Å². The van der Waals surface area contributed by atoms with E-state index in [-0.39, 0.29) is 0 Å². The van der Waals surface area contributed by atoms with Crippen LogP contribution < -0.4 is 5.32 Å². The monoisotopic (exact) mass is 249 g/mol. The quantitative estimate of drug-likeness (QED) is 0.858. The molecule has 3 unspecified atom stereocenters. The first-order chi connectivity index (χ1) is 8.48. The third-order valence-corrected chi connectivity index (χ3v) is 4.27. The van der Waals surface area contributed by atoms with Gasteiger partial charge in [0.05, 0.1) is 6.04 Å². The van der Waals surface area contributed by atoms with E-state index >= 15 is 0 Å². The average Bonchev–Trinajstić information content (AvgIpc) is 2.81. The molecule has 3 heteroatoms. The van der Waals surface area contributed by atoms with Gasteiger partial charge in [-0.2, -0.15) is 0 Å². The van der Waals surface area contributed by atoms with Crippen LogP contribution in [-0.2, 0) is 0 Å². The van der Waals surface area contributed by atoms with Gasteiger partial charge >= 0.3 is 0 Å². The first kappa shape index (κ1) is 13.6. The van der Waals surface area contributed by atoms with Crippen molar-refractivity contribution in [3.8, 4) is 0 Å². The molecule has 3 atom stereocenters. The molecule has 0 aliphatic heterocycles. The molecule has 0 bridgehead atoms. The fourth-order valence-corrected chi connectivity index (χ4v) is 3.28. The van der Waals surface area contributed by atoms with Gasteiger partial charge in [0.2, 0.25) is 0 Å². The molecule has 0 radical (unpaired) electrons.